The van der Waals surface area contributed by atoms with Gasteiger partial charge in [-0.1, -0.05) is 30.4 Å². The van der Waals surface area contributed by atoms with E-state index >= 15 is 0 Å². The number of fused-ring (bicyclic) bond motifs is 3. The van der Waals surface area contributed by atoms with Crippen molar-refractivity contribution in [3.8, 4) is 0 Å². The third-order valence-electron chi connectivity index (χ3n) is 7.85. The van der Waals surface area contributed by atoms with Gasteiger partial charge in [0.25, 0.3) is 0 Å². The van der Waals surface area contributed by atoms with Gasteiger partial charge in [-0.15, -0.1) is 0 Å². The number of hydrogen-bond donors (Lipinski definition) is 3. The summed E-state index contributed by atoms with van der Waals surface area (Å²) in [5, 5.41) is 9.83. The maximum atomic E-state index is 13.5. The summed E-state index contributed by atoms with van der Waals surface area (Å²) in [6.45, 7) is 1.66. The fraction of sp³-hybridized carbons (Fsp3) is 0.467. The molecule has 1 saturated heterocycles. The van der Waals surface area contributed by atoms with Crippen molar-refractivity contribution in [3.63, 3.8) is 0 Å². The van der Waals surface area contributed by atoms with Crippen LogP contribution >= 0.6 is 0 Å². The first kappa shape index (κ1) is 27.4. The maximum Gasteiger partial charge on any atom is 0.416 e. The van der Waals surface area contributed by atoms with Crippen LogP contribution in [0.4, 0.5) is 18.9 Å². The van der Waals surface area contributed by atoms with Crippen molar-refractivity contribution in [2.24, 2.45) is 11.8 Å². The lowest BCUT2D eigenvalue weighted by Gasteiger charge is -2.47. The Kier molecular flexibility index (Phi) is 8.67. The van der Waals surface area contributed by atoms with Gasteiger partial charge in [0.2, 0.25) is 5.91 Å². The van der Waals surface area contributed by atoms with Crippen molar-refractivity contribution in [1.82, 2.24) is 15.6 Å². The number of nitrogens with zero attached hydrogens (tertiary/aromatic N) is 1. The summed E-state index contributed by atoms with van der Waals surface area (Å²) in [5.74, 6) is 0.331. The van der Waals surface area contributed by atoms with Crippen LogP contribution in [0.2, 0.25) is 0 Å². The van der Waals surface area contributed by atoms with Crippen molar-refractivity contribution < 1.29 is 22.7 Å². The molecule has 1 aromatic carbocycles. The first-order valence-electron chi connectivity index (χ1n) is 13.7. The number of benzene rings is 1. The number of carbonyl (C=O) groups is 1. The van der Waals surface area contributed by atoms with E-state index in [1.807, 2.05) is 24.3 Å². The van der Waals surface area contributed by atoms with Crippen LogP contribution < -0.4 is 16.0 Å². The number of aromatic nitrogens is 1. The van der Waals surface area contributed by atoms with Crippen LogP contribution in [0, 0.1) is 11.8 Å². The number of amides is 1. The predicted octanol–water partition coefficient (Wildman–Crippen LogP) is 5.20. The molecule has 0 bridgehead atoms. The maximum absolute atomic E-state index is 13.5. The Labute approximate surface area is 227 Å². The Hall–Kier alpha value is -3.17. The molecule has 5 rings (SSSR count). The van der Waals surface area contributed by atoms with Crippen LogP contribution in [0.1, 0.15) is 48.5 Å². The minimum Gasteiger partial charge on any atom is -0.381 e. The number of pyridine rings is 1. The second-order valence-corrected chi connectivity index (χ2v) is 10.5. The fourth-order valence-corrected chi connectivity index (χ4v) is 5.86. The van der Waals surface area contributed by atoms with Crippen molar-refractivity contribution in [2.75, 3.05) is 25.0 Å². The van der Waals surface area contributed by atoms with E-state index in [0.717, 1.165) is 36.6 Å². The highest BCUT2D eigenvalue weighted by Crippen LogP contribution is 2.49. The number of alkyl halides is 3. The number of allylic oxidation sites excluding steroid dienone is 3. The quantitative estimate of drug-likeness (QED) is 0.381. The standard InChI is InChI=1S/C30H35F3N4O2/c31-30(32,33)22-9-12-26-25(17-22)29-24(28(37-26)21-6-2-1-3-7-21)11-10-23(39-29)19-35-15-16-36-27(38)13-8-20-5-4-14-34-18-20/h1-6,9,12,14,17-18,21,23-24,28-29,35,37H,7-8,10-11,13,15-16,19H2,(H,36,38)/t21?,23-,24+,28+,29+/m1/s1. The molecule has 6 nitrogen and oxygen atoms in total. The Balaban J connectivity index is 1.16. The molecule has 9 heteroatoms. The number of aryl methyl sites for hydroxylation is 1. The molecule has 1 aliphatic carbocycles. The van der Waals surface area contributed by atoms with Crippen LogP contribution in [0.15, 0.2) is 67.0 Å². The van der Waals surface area contributed by atoms with E-state index in [2.05, 4.69) is 33.1 Å². The second-order valence-electron chi connectivity index (χ2n) is 10.5. The second kappa shape index (κ2) is 12.3. The Morgan fingerprint density at radius 1 is 1.15 bits per heavy atom. The van der Waals surface area contributed by atoms with E-state index in [-0.39, 0.29) is 29.9 Å². The largest absolute Gasteiger partial charge is 0.416 e. The van der Waals surface area contributed by atoms with Crippen LogP contribution in [0.3, 0.4) is 0 Å². The number of rotatable bonds is 9. The van der Waals surface area contributed by atoms with E-state index in [0.29, 0.717) is 38.0 Å². The Bertz CT molecular complexity index is 1180. The van der Waals surface area contributed by atoms with Crippen molar-refractivity contribution in [2.45, 2.75) is 56.5 Å². The van der Waals surface area contributed by atoms with Gasteiger partial charge in [0, 0.05) is 67.6 Å². The normalized spacial score (nSPS) is 25.9. The highest BCUT2D eigenvalue weighted by Gasteiger charge is 2.44. The minimum absolute atomic E-state index is 0.0122. The molecule has 1 unspecified atom stereocenters. The van der Waals surface area contributed by atoms with Gasteiger partial charge in [0.15, 0.2) is 0 Å². The highest BCUT2D eigenvalue weighted by molar-refractivity contribution is 5.76. The summed E-state index contributed by atoms with van der Waals surface area (Å²) >= 11 is 0. The molecule has 39 heavy (non-hydrogen) atoms. The van der Waals surface area contributed by atoms with Gasteiger partial charge < -0.3 is 20.7 Å². The zero-order valence-electron chi connectivity index (χ0n) is 21.8. The molecule has 2 aliphatic heterocycles. The molecule has 3 heterocycles. The van der Waals surface area contributed by atoms with Crippen LogP contribution in [-0.2, 0) is 22.1 Å². The first-order valence-corrected chi connectivity index (χ1v) is 13.7. The molecular formula is C30H35F3N4O2. The molecule has 1 aromatic heterocycles. The van der Waals surface area contributed by atoms with Crippen LogP contribution in [-0.4, -0.2) is 42.7 Å². The van der Waals surface area contributed by atoms with E-state index < -0.39 is 17.8 Å². The lowest BCUT2D eigenvalue weighted by molar-refractivity contribution is -0.138. The summed E-state index contributed by atoms with van der Waals surface area (Å²) in [6.07, 6.45) is 10.6. The van der Waals surface area contributed by atoms with E-state index in [4.69, 9.17) is 4.74 Å². The summed E-state index contributed by atoms with van der Waals surface area (Å²) in [7, 11) is 0. The number of hydrogen-bond acceptors (Lipinski definition) is 5. The zero-order valence-corrected chi connectivity index (χ0v) is 21.8. The molecular weight excluding hydrogens is 505 g/mol. The van der Waals surface area contributed by atoms with E-state index in [1.165, 1.54) is 6.07 Å². The molecule has 3 aliphatic rings. The predicted molar refractivity (Wildman–Crippen MR) is 144 cm³/mol. The van der Waals surface area contributed by atoms with Crippen molar-refractivity contribution >= 4 is 11.6 Å². The molecule has 2 aromatic rings. The molecule has 208 valence electrons. The number of nitrogens with one attached hydrogen (secondary N) is 3. The van der Waals surface area contributed by atoms with E-state index in [9.17, 15) is 18.0 Å². The molecule has 3 N–H and O–H groups in total. The lowest BCUT2D eigenvalue weighted by atomic mass is 9.73. The topological polar surface area (TPSA) is 75.3 Å². The van der Waals surface area contributed by atoms with Gasteiger partial charge in [-0.05, 0) is 55.5 Å². The van der Waals surface area contributed by atoms with Gasteiger partial charge in [-0.2, -0.15) is 13.2 Å². The Morgan fingerprint density at radius 2 is 2.05 bits per heavy atom. The molecule has 0 saturated carbocycles. The third kappa shape index (κ3) is 6.89. The number of anilines is 1. The number of carbonyl (C=O) groups excluding carboxylic acids is 1. The zero-order chi connectivity index (χ0) is 27.2. The molecule has 1 amide bonds. The molecule has 5 atom stereocenters. The number of ether oxygens (including phenoxy) is 1. The third-order valence-corrected chi connectivity index (χ3v) is 7.85. The SMILES string of the molecule is O=C(CCc1cccnc1)NCCNC[C@H]1CC[C@@H]2[C@H](O1)c1cc(C(F)(F)F)ccc1N[C@H]2C1C=CC=CC1. The van der Waals surface area contributed by atoms with Crippen LogP contribution in [0.5, 0.6) is 0 Å². The average Bonchev–Trinajstić information content (AvgIpc) is 2.95. The molecule has 0 radical (unpaired) electrons. The summed E-state index contributed by atoms with van der Waals surface area (Å²) in [6, 6.07) is 7.85. The highest BCUT2D eigenvalue weighted by atomic mass is 19.4. The summed E-state index contributed by atoms with van der Waals surface area (Å²) in [4.78, 5) is 16.2. The van der Waals surface area contributed by atoms with Crippen LogP contribution in [0.25, 0.3) is 0 Å². The smallest absolute Gasteiger partial charge is 0.381 e. The molecule has 0 spiro atoms. The van der Waals surface area contributed by atoms with Gasteiger partial charge >= 0.3 is 6.18 Å². The number of halogens is 3. The lowest BCUT2D eigenvalue weighted by Crippen LogP contribution is -2.48. The average molecular weight is 541 g/mol. The van der Waals surface area contributed by atoms with Gasteiger partial charge in [0.05, 0.1) is 17.8 Å². The minimum atomic E-state index is -4.41. The van der Waals surface area contributed by atoms with Gasteiger partial charge in [-0.3, -0.25) is 9.78 Å². The fourth-order valence-electron chi connectivity index (χ4n) is 5.86. The monoisotopic (exact) mass is 540 g/mol. The first-order chi connectivity index (χ1) is 18.9. The van der Waals surface area contributed by atoms with Crippen molar-refractivity contribution in [3.05, 3.63) is 83.7 Å². The summed E-state index contributed by atoms with van der Waals surface area (Å²) in [5.41, 5.74) is 1.69. The molecule has 1 fully saturated rings. The van der Waals surface area contributed by atoms with Gasteiger partial charge in [-0.25, -0.2) is 0 Å². The van der Waals surface area contributed by atoms with E-state index in [1.54, 1.807) is 18.5 Å². The van der Waals surface area contributed by atoms with Crippen molar-refractivity contribution in [1.29, 1.82) is 0 Å². The summed E-state index contributed by atoms with van der Waals surface area (Å²) < 4.78 is 47.1. The van der Waals surface area contributed by atoms with Gasteiger partial charge in [0.1, 0.15) is 0 Å². The Morgan fingerprint density at radius 3 is 2.82 bits per heavy atom.